The number of hydrogen-bond donors (Lipinski definition) is 2. The second-order valence-corrected chi connectivity index (χ2v) is 7.10. The summed E-state index contributed by atoms with van der Waals surface area (Å²) in [6, 6.07) is 12.6. The molecule has 0 radical (unpaired) electrons. The van der Waals surface area contributed by atoms with Crippen LogP contribution in [-0.4, -0.2) is 18.5 Å². The van der Waals surface area contributed by atoms with Gasteiger partial charge in [0.15, 0.2) is 11.5 Å². The fourth-order valence-electron chi connectivity index (χ4n) is 3.40. The highest BCUT2D eigenvalue weighted by molar-refractivity contribution is 5.88. The predicted octanol–water partition coefficient (Wildman–Crippen LogP) is 3.91. The van der Waals surface area contributed by atoms with Crippen molar-refractivity contribution in [1.82, 2.24) is 0 Å². The standard InChI is InChI=1S/C23H23NO6/c1-14(21-22(25)16-5-2-3-7-18(16)30-23(21)26)17(24)6-4-10-27-12-15-8-9-19-20(11-15)29-13-28-19/h2-3,5,7-9,11,25H,4,6,10,12-13,24H2,1H3/b17-14-. The molecule has 0 atom stereocenters. The second kappa shape index (κ2) is 8.51. The molecule has 0 bridgehead atoms. The van der Waals surface area contributed by atoms with Gasteiger partial charge in [-0.15, -0.1) is 0 Å². The molecule has 0 saturated heterocycles. The average Bonchev–Trinajstić information content (AvgIpc) is 3.21. The van der Waals surface area contributed by atoms with Gasteiger partial charge in [0.25, 0.3) is 0 Å². The molecule has 156 valence electrons. The third kappa shape index (κ3) is 3.97. The Morgan fingerprint density at radius 2 is 1.97 bits per heavy atom. The molecule has 7 nitrogen and oxygen atoms in total. The van der Waals surface area contributed by atoms with Crippen LogP contribution in [0.15, 0.2) is 57.4 Å². The summed E-state index contributed by atoms with van der Waals surface area (Å²) in [5.41, 5.74) is 8.05. The first kappa shape index (κ1) is 19.8. The number of allylic oxidation sites excluding steroid dienone is 2. The van der Waals surface area contributed by atoms with Crippen LogP contribution in [0.3, 0.4) is 0 Å². The van der Waals surface area contributed by atoms with Crippen molar-refractivity contribution in [2.45, 2.75) is 26.4 Å². The van der Waals surface area contributed by atoms with Crippen molar-refractivity contribution in [2.75, 3.05) is 13.4 Å². The Kier molecular flexibility index (Phi) is 5.63. The maximum Gasteiger partial charge on any atom is 0.347 e. The number of ether oxygens (including phenoxy) is 3. The zero-order valence-corrected chi connectivity index (χ0v) is 16.6. The minimum atomic E-state index is -0.606. The van der Waals surface area contributed by atoms with E-state index < -0.39 is 5.63 Å². The number of benzene rings is 2. The molecule has 0 fully saturated rings. The van der Waals surface area contributed by atoms with Gasteiger partial charge in [0.1, 0.15) is 16.9 Å². The van der Waals surface area contributed by atoms with Gasteiger partial charge in [-0.25, -0.2) is 4.79 Å². The van der Waals surface area contributed by atoms with Crippen LogP contribution in [0.4, 0.5) is 0 Å². The zero-order chi connectivity index (χ0) is 21.1. The molecule has 1 aliphatic heterocycles. The monoisotopic (exact) mass is 409 g/mol. The third-order valence-electron chi connectivity index (χ3n) is 5.08. The van der Waals surface area contributed by atoms with Crippen molar-refractivity contribution in [2.24, 2.45) is 5.73 Å². The summed E-state index contributed by atoms with van der Waals surface area (Å²) in [7, 11) is 0. The summed E-state index contributed by atoms with van der Waals surface area (Å²) in [5, 5.41) is 11.0. The Morgan fingerprint density at radius 1 is 1.17 bits per heavy atom. The molecule has 0 unspecified atom stereocenters. The number of aromatic hydroxyl groups is 1. The predicted molar refractivity (Wildman–Crippen MR) is 112 cm³/mol. The maximum atomic E-state index is 12.4. The maximum absolute atomic E-state index is 12.4. The summed E-state index contributed by atoms with van der Waals surface area (Å²) < 4.78 is 21.7. The van der Waals surface area contributed by atoms with Gasteiger partial charge in [-0.3, -0.25) is 0 Å². The zero-order valence-electron chi connectivity index (χ0n) is 16.6. The summed E-state index contributed by atoms with van der Waals surface area (Å²) in [5.74, 6) is 1.36. The molecule has 2 aromatic carbocycles. The first-order chi connectivity index (χ1) is 14.5. The van der Waals surface area contributed by atoms with Crippen LogP contribution in [0.1, 0.15) is 30.9 Å². The van der Waals surface area contributed by atoms with Gasteiger partial charge < -0.3 is 29.5 Å². The molecule has 30 heavy (non-hydrogen) atoms. The van der Waals surface area contributed by atoms with E-state index >= 15 is 0 Å². The molecular formula is C23H23NO6. The van der Waals surface area contributed by atoms with Crippen LogP contribution in [0, 0.1) is 0 Å². The largest absolute Gasteiger partial charge is 0.506 e. The number of nitrogens with two attached hydrogens (primary N) is 1. The number of rotatable bonds is 7. The molecule has 4 rings (SSSR count). The molecular weight excluding hydrogens is 386 g/mol. The van der Waals surface area contributed by atoms with Gasteiger partial charge in [0.05, 0.1) is 12.0 Å². The number of hydrogen-bond acceptors (Lipinski definition) is 7. The summed E-state index contributed by atoms with van der Waals surface area (Å²) in [6.45, 7) is 2.91. The summed E-state index contributed by atoms with van der Waals surface area (Å²) >= 11 is 0. The Morgan fingerprint density at radius 3 is 2.83 bits per heavy atom. The van der Waals surface area contributed by atoms with Crippen molar-refractivity contribution in [3.05, 3.63) is 69.7 Å². The topological polar surface area (TPSA) is 104 Å². The molecule has 2 heterocycles. The van der Waals surface area contributed by atoms with Crippen molar-refractivity contribution in [1.29, 1.82) is 0 Å². The Balaban J connectivity index is 1.37. The van der Waals surface area contributed by atoms with Gasteiger partial charge in [0, 0.05) is 12.3 Å². The van der Waals surface area contributed by atoms with Crippen LogP contribution in [-0.2, 0) is 11.3 Å². The van der Waals surface area contributed by atoms with E-state index in [1.807, 2.05) is 18.2 Å². The number of fused-ring (bicyclic) bond motifs is 2. The van der Waals surface area contributed by atoms with Crippen LogP contribution in [0.2, 0.25) is 0 Å². The van der Waals surface area contributed by atoms with Crippen molar-refractivity contribution >= 4 is 16.5 Å². The van der Waals surface area contributed by atoms with E-state index in [4.69, 9.17) is 24.4 Å². The molecule has 0 spiro atoms. The first-order valence-electron chi connectivity index (χ1n) is 9.71. The lowest BCUT2D eigenvalue weighted by molar-refractivity contribution is 0.118. The smallest absolute Gasteiger partial charge is 0.347 e. The molecule has 0 aliphatic carbocycles. The Hall–Kier alpha value is -3.45. The molecule has 0 amide bonds. The van der Waals surface area contributed by atoms with Crippen LogP contribution in [0.25, 0.3) is 16.5 Å². The van der Waals surface area contributed by atoms with E-state index in [0.717, 1.165) is 17.1 Å². The van der Waals surface area contributed by atoms with E-state index in [1.165, 1.54) is 0 Å². The first-order valence-corrected chi connectivity index (χ1v) is 9.71. The van der Waals surface area contributed by atoms with Gasteiger partial charge in [-0.05, 0) is 55.2 Å². The Labute approximate surface area is 173 Å². The van der Waals surface area contributed by atoms with Crippen LogP contribution in [0.5, 0.6) is 17.2 Å². The molecule has 1 aromatic heterocycles. The fraction of sp³-hybridized carbons (Fsp3) is 0.261. The van der Waals surface area contributed by atoms with Gasteiger partial charge in [-0.2, -0.15) is 0 Å². The van der Waals surface area contributed by atoms with Gasteiger partial charge in [-0.1, -0.05) is 18.2 Å². The normalized spacial score (nSPS) is 13.5. The minimum Gasteiger partial charge on any atom is -0.506 e. The molecule has 1 aliphatic rings. The lowest BCUT2D eigenvalue weighted by atomic mass is 10.0. The van der Waals surface area contributed by atoms with Crippen LogP contribution < -0.4 is 20.8 Å². The minimum absolute atomic E-state index is 0.104. The Bertz CT molecular complexity index is 1160. The summed E-state index contributed by atoms with van der Waals surface area (Å²) in [6.07, 6.45) is 1.20. The number of para-hydroxylation sites is 1. The van der Waals surface area contributed by atoms with Crippen molar-refractivity contribution in [3.63, 3.8) is 0 Å². The average molecular weight is 409 g/mol. The van der Waals surface area contributed by atoms with Crippen molar-refractivity contribution in [3.8, 4) is 17.2 Å². The third-order valence-corrected chi connectivity index (χ3v) is 5.08. The van der Waals surface area contributed by atoms with E-state index in [-0.39, 0.29) is 18.1 Å². The second-order valence-electron chi connectivity index (χ2n) is 7.10. The SMILES string of the molecule is C/C(=C(/N)CCCOCc1ccc2c(c1)OCO2)c1c(O)c2ccccc2oc1=O. The van der Waals surface area contributed by atoms with E-state index in [1.54, 1.807) is 31.2 Å². The van der Waals surface area contributed by atoms with E-state index in [0.29, 0.717) is 48.3 Å². The van der Waals surface area contributed by atoms with Crippen LogP contribution >= 0.6 is 0 Å². The lowest BCUT2D eigenvalue weighted by Gasteiger charge is -2.11. The fourth-order valence-corrected chi connectivity index (χ4v) is 3.40. The molecule has 0 saturated carbocycles. The highest BCUT2D eigenvalue weighted by atomic mass is 16.7. The summed E-state index contributed by atoms with van der Waals surface area (Å²) in [4.78, 5) is 12.4. The van der Waals surface area contributed by atoms with Crippen molar-refractivity contribution < 1.29 is 23.7 Å². The molecule has 3 N–H and O–H groups in total. The highest BCUT2D eigenvalue weighted by Gasteiger charge is 2.17. The van der Waals surface area contributed by atoms with E-state index in [2.05, 4.69) is 0 Å². The highest BCUT2D eigenvalue weighted by Crippen LogP contribution is 2.33. The molecule has 7 heteroatoms. The lowest BCUT2D eigenvalue weighted by Crippen LogP contribution is -2.11. The van der Waals surface area contributed by atoms with E-state index in [9.17, 15) is 9.90 Å². The quantitative estimate of drug-likeness (QED) is 0.450. The van der Waals surface area contributed by atoms with Gasteiger partial charge in [0.2, 0.25) is 6.79 Å². The molecule has 3 aromatic rings. The van der Waals surface area contributed by atoms with Gasteiger partial charge >= 0.3 is 5.63 Å².